The van der Waals surface area contributed by atoms with Crippen LogP contribution in [-0.2, 0) is 101 Å². The Morgan fingerprint density at radius 3 is 0.886 bits per heavy atom. The van der Waals surface area contributed by atoms with Gasteiger partial charge in [0.1, 0.15) is 29.7 Å². The van der Waals surface area contributed by atoms with E-state index in [-0.39, 0.29) is 136 Å². The second-order valence-corrected chi connectivity index (χ2v) is 38.4. The van der Waals surface area contributed by atoms with Crippen molar-refractivity contribution < 1.29 is 96.7 Å². The molecule has 0 bridgehead atoms. The van der Waals surface area contributed by atoms with E-state index in [4.69, 9.17) is 31.4 Å². The number of hydrogen-bond acceptors (Lipinski definition) is 20. The molecular weight excluding hydrogens is 1690 g/mol. The highest BCUT2D eigenvalue weighted by Gasteiger charge is 2.39. The van der Waals surface area contributed by atoms with Crippen molar-refractivity contribution in [2.75, 3.05) is 39.5 Å². The van der Waals surface area contributed by atoms with Crippen molar-refractivity contribution in [2.24, 2.45) is 85.4 Å². The molecule has 0 heterocycles. The third kappa shape index (κ3) is 54.5. The zero-order valence-electron chi connectivity index (χ0n) is 82.6. The molecular formula is C100H160N12O20. The third-order valence-electron chi connectivity index (χ3n) is 21.3. The number of hydrogen-bond donors (Lipinski definition) is 12. The highest BCUT2D eigenvalue weighted by Crippen LogP contribution is 2.25. The van der Waals surface area contributed by atoms with E-state index in [0.717, 1.165) is 48.8 Å². The lowest BCUT2D eigenvalue weighted by Crippen LogP contribution is -2.50. The van der Waals surface area contributed by atoms with Crippen molar-refractivity contribution in [1.29, 1.82) is 0 Å². The summed E-state index contributed by atoms with van der Waals surface area (Å²) in [4.78, 5) is 194. The summed E-state index contributed by atoms with van der Waals surface area (Å²) in [7, 11) is 0. The lowest BCUT2D eigenvalue weighted by Gasteiger charge is -2.28. The van der Waals surface area contributed by atoms with Crippen LogP contribution in [0.5, 0.6) is 0 Å². The summed E-state index contributed by atoms with van der Waals surface area (Å²) in [5.74, 6) is -11.7. The van der Waals surface area contributed by atoms with Gasteiger partial charge in [-0.15, -0.1) is 0 Å². The number of carboxylic acid groups (broad SMARTS) is 3. The molecule has 0 spiro atoms. The van der Waals surface area contributed by atoms with Gasteiger partial charge < -0.3 is 83.4 Å². The molecule has 0 aromatic heterocycles. The first-order valence-electron chi connectivity index (χ1n) is 46.6. The highest BCUT2D eigenvalue weighted by molar-refractivity contribution is 5.97. The monoisotopic (exact) mass is 1850 g/mol. The van der Waals surface area contributed by atoms with E-state index in [9.17, 15) is 82.4 Å². The number of amides is 6. The predicted octanol–water partition coefficient (Wildman–Crippen LogP) is 11.6. The number of nitrogens with two attached hydrogens (primary N) is 3. The summed E-state index contributed by atoms with van der Waals surface area (Å²) in [5, 5.41) is 45.7. The molecule has 3 aromatic rings. The van der Waals surface area contributed by atoms with Crippen molar-refractivity contribution >= 4 is 99.8 Å². The smallest absolute Gasteiger partial charge is 0.326 e. The molecule has 0 aliphatic rings. The molecule has 32 heteroatoms. The van der Waals surface area contributed by atoms with Crippen molar-refractivity contribution in [3.63, 3.8) is 0 Å². The highest BCUT2D eigenvalue weighted by atomic mass is 16.5. The van der Waals surface area contributed by atoms with Crippen LogP contribution in [-0.4, -0.2) is 208 Å². The molecule has 740 valence electrons. The third-order valence-corrected chi connectivity index (χ3v) is 21.3. The number of unbranched alkanes of at least 4 members (excludes halogenated alkanes) is 4. The van der Waals surface area contributed by atoms with Crippen LogP contribution in [0.2, 0.25) is 0 Å². The zero-order chi connectivity index (χ0) is 100. The molecule has 6 amide bonds. The minimum atomic E-state index is -1.21. The van der Waals surface area contributed by atoms with Crippen LogP contribution in [0.3, 0.4) is 0 Å². The van der Waals surface area contributed by atoms with Crippen LogP contribution in [0.25, 0.3) is 0 Å². The lowest BCUT2D eigenvalue weighted by molar-refractivity contribution is -0.144. The van der Waals surface area contributed by atoms with Gasteiger partial charge in [-0.25, -0.2) is 14.4 Å². The summed E-state index contributed by atoms with van der Waals surface area (Å²) < 4.78 is 17.6. The van der Waals surface area contributed by atoms with Crippen LogP contribution >= 0.6 is 0 Å². The maximum absolute atomic E-state index is 13.8. The summed E-state index contributed by atoms with van der Waals surface area (Å²) in [6.45, 7) is 38.7. The standard InChI is InChI=1S/C38H62N4O7.C32H50N4O7.C30H48N4O6/c1-8-9-10-11-15-20-31(43)23-29(19-16-21-40-27(4)39)35(45)42-34(26(2)3)33(44)24-30(25-49-38(5,6)7)36(46)41-32(37(47)48)22-28-17-13-12-14-18-28;1-20(2)28(36-29(39)24(16-21(3)37)14-11-15-34-22(4)33)27(38)18-25(19-43-32(5,6)7)30(40)35-26(31(41)42)17-23-12-9-8-10-13-23;1-19(2)26(34-27(36)20(3)12-11-15-32-21(4)31)25(35)17-23(18-40-30(5,6)7)28(37)33-24(29(38)39)16-22-13-9-8-10-14-22/h12-14,17-18,26,29-30,32,34H,8-11,15-16,19-25H2,1-7H3,(H2,39,40)(H,41,46)(H,42,45)(H,47,48);8-10,12-13,20,24-26,28H,11,14-19H2,1-7H3,(H2,33,34)(H,35,40)(H,36,39)(H,41,42);8-10,13-14,19-20,23-24,26H,11-12,15-18H2,1-7H3,(H2,31,32)(H,33,37)(H,34,36)(H,38,39)/t29-,30+,32+,34+;24-,25+,26+,28+;20-,23-,24-,26-/m110/s1. The van der Waals surface area contributed by atoms with E-state index in [0.29, 0.717) is 82.1 Å². The van der Waals surface area contributed by atoms with Gasteiger partial charge in [0.25, 0.3) is 0 Å². The van der Waals surface area contributed by atoms with Gasteiger partial charge in [0, 0.05) is 95.2 Å². The Morgan fingerprint density at radius 2 is 0.621 bits per heavy atom. The summed E-state index contributed by atoms with van der Waals surface area (Å²) in [6.07, 6.45) is 8.24. The molecule has 32 nitrogen and oxygen atoms in total. The minimum Gasteiger partial charge on any atom is -0.480 e. The Hall–Kier alpha value is -10.5. The van der Waals surface area contributed by atoms with Crippen molar-refractivity contribution in [2.45, 2.75) is 327 Å². The Kier molecular flexibility index (Phi) is 56.9. The van der Waals surface area contributed by atoms with Gasteiger partial charge >= 0.3 is 17.9 Å². The Morgan fingerprint density at radius 1 is 0.348 bits per heavy atom. The van der Waals surface area contributed by atoms with E-state index in [1.807, 2.05) is 94.4 Å². The first kappa shape index (κ1) is 120. The fourth-order valence-electron chi connectivity index (χ4n) is 13.8. The molecule has 132 heavy (non-hydrogen) atoms. The van der Waals surface area contributed by atoms with E-state index < -0.39 is 124 Å². The minimum absolute atomic E-state index is 0.0159. The van der Waals surface area contributed by atoms with Crippen LogP contribution in [0.4, 0.5) is 0 Å². The molecule has 15 N–H and O–H groups in total. The van der Waals surface area contributed by atoms with Crippen LogP contribution in [0.1, 0.15) is 271 Å². The number of ether oxygens (including phenoxy) is 3. The molecule has 0 aliphatic carbocycles. The number of rotatable bonds is 61. The molecule has 0 saturated heterocycles. The number of aliphatic carboxylic acids is 3. The van der Waals surface area contributed by atoms with Gasteiger partial charge in [-0.3, -0.25) is 62.9 Å². The Labute approximate surface area is 783 Å². The van der Waals surface area contributed by atoms with Crippen LogP contribution in [0, 0.1) is 53.3 Å². The van der Waals surface area contributed by atoms with E-state index in [1.165, 1.54) is 6.92 Å². The van der Waals surface area contributed by atoms with Crippen LogP contribution < -0.4 is 49.1 Å². The summed E-state index contributed by atoms with van der Waals surface area (Å²) in [5.41, 5.74) is 17.2. The second-order valence-electron chi connectivity index (χ2n) is 38.4. The number of carbonyl (C=O) groups excluding carboxylic acids is 11. The largest absolute Gasteiger partial charge is 0.480 e. The molecule has 0 aliphatic heterocycles. The molecule has 0 radical (unpaired) electrons. The quantitative estimate of drug-likeness (QED) is 0.0142. The number of aliphatic imine (C=N–C) groups is 3. The number of nitrogens with one attached hydrogen (secondary N) is 6. The first-order valence-corrected chi connectivity index (χ1v) is 46.6. The molecule has 3 aromatic carbocycles. The zero-order valence-corrected chi connectivity index (χ0v) is 82.6. The average Bonchev–Trinajstić information content (AvgIpc) is 0.855. The van der Waals surface area contributed by atoms with Gasteiger partial charge in [-0.2, -0.15) is 0 Å². The van der Waals surface area contributed by atoms with Crippen molar-refractivity contribution in [3.05, 3.63) is 108 Å². The summed E-state index contributed by atoms with van der Waals surface area (Å²) in [6, 6.07) is 20.6. The Bertz CT molecular complexity index is 4140. The van der Waals surface area contributed by atoms with E-state index in [1.54, 1.807) is 128 Å². The number of amidine groups is 3. The number of nitrogens with zero attached hydrogens (tertiary/aromatic N) is 3. The molecule has 0 saturated carbocycles. The van der Waals surface area contributed by atoms with Gasteiger partial charge in [0.2, 0.25) is 35.4 Å². The maximum Gasteiger partial charge on any atom is 0.326 e. The fraction of sp³-hybridized carbons (Fsp3) is 0.650. The van der Waals surface area contributed by atoms with Gasteiger partial charge in [-0.05, 0) is 169 Å². The normalized spacial score (nSPS) is 14.8. The van der Waals surface area contributed by atoms with Gasteiger partial charge in [0.15, 0.2) is 17.3 Å². The number of ketones is 5. The van der Waals surface area contributed by atoms with Crippen molar-refractivity contribution in [1.82, 2.24) is 31.9 Å². The summed E-state index contributed by atoms with van der Waals surface area (Å²) >= 11 is 0. The second kappa shape index (κ2) is 62.8. The maximum atomic E-state index is 13.8. The molecule has 12 atom stereocenters. The van der Waals surface area contributed by atoms with E-state index in [2.05, 4.69) is 53.8 Å². The topological polar surface area (TPSA) is 515 Å². The van der Waals surface area contributed by atoms with Crippen LogP contribution in [0.15, 0.2) is 106 Å². The number of benzene rings is 3. The lowest BCUT2D eigenvalue weighted by atomic mass is 9.89. The van der Waals surface area contributed by atoms with Crippen molar-refractivity contribution in [3.8, 4) is 0 Å². The van der Waals surface area contributed by atoms with E-state index >= 15 is 0 Å². The van der Waals surface area contributed by atoms with Gasteiger partial charge in [0.05, 0.1) is 90.0 Å². The molecule has 0 fully saturated rings. The molecule has 0 unspecified atom stereocenters. The SMILES string of the molecule is CC(=O)C[C@@H](CCCN=C(C)N)C(=O)N[C@H](C(=O)C[C@@H](COC(C)(C)C)C(=O)N[C@@H](Cc1ccccc1)C(=O)O)C(C)C.CC(N)=NCCC[C@H](C)C(=O)N[C@H](C(=O)C[C@@H](COC(C)(C)C)C(=O)N[C@@H](Cc1ccccc1)C(=O)O)C(C)C.CCCCCCCC(=O)C[C@@H](CCCN=C(C)N)C(=O)N[C@H](C(=O)C[C@@H](COC(C)(C)C)C(=O)N[C@@H](Cc1ccccc1)C(=O)O)C(C)C. The number of carbonyl (C=O) groups is 14. The average molecular weight is 1850 g/mol. The number of carboxylic acids is 3. The Balaban J connectivity index is 0.000000995. The first-order chi connectivity index (χ1) is 61.6. The number of Topliss-reactive ketones (excluding diaryl/α,β-unsaturated/α-hetero) is 5. The molecule has 3 rings (SSSR count). The fourth-order valence-corrected chi connectivity index (χ4v) is 13.8. The van der Waals surface area contributed by atoms with Gasteiger partial charge in [-0.1, -0.05) is 172 Å². The predicted molar refractivity (Wildman–Crippen MR) is 515 cm³/mol.